The lowest BCUT2D eigenvalue weighted by Crippen LogP contribution is -2.28. The van der Waals surface area contributed by atoms with Crippen LogP contribution in [0, 0.1) is 18.7 Å². The third-order valence-electron chi connectivity index (χ3n) is 4.02. The van der Waals surface area contributed by atoms with Crippen LogP contribution in [0.2, 0.25) is 0 Å². The minimum atomic E-state index is -0.439. The van der Waals surface area contributed by atoms with Gasteiger partial charge in [-0.1, -0.05) is 24.3 Å². The number of nitrogens with zero attached hydrogens (tertiary/aromatic N) is 1. The number of anilines is 2. The average Bonchev–Trinajstić information content (AvgIpc) is 2.94. The third kappa shape index (κ3) is 3.23. The second kappa shape index (κ2) is 6.20. The molecule has 118 valence electrons. The number of carbonyl (C=O) groups excluding carboxylic acids is 2. The van der Waals surface area contributed by atoms with Crippen LogP contribution in [0.1, 0.15) is 12.0 Å². The van der Waals surface area contributed by atoms with Crippen LogP contribution in [0.3, 0.4) is 0 Å². The summed E-state index contributed by atoms with van der Waals surface area (Å²) in [4.78, 5) is 26.2. The van der Waals surface area contributed by atoms with E-state index in [1.165, 1.54) is 12.1 Å². The van der Waals surface area contributed by atoms with Crippen LogP contribution in [0.25, 0.3) is 0 Å². The maximum Gasteiger partial charge on any atom is 0.229 e. The number of rotatable bonds is 3. The van der Waals surface area contributed by atoms with Crippen molar-refractivity contribution in [3.63, 3.8) is 0 Å². The number of para-hydroxylation sites is 1. The largest absolute Gasteiger partial charge is 0.325 e. The number of hydrogen-bond donors (Lipinski definition) is 1. The molecule has 2 aromatic carbocycles. The number of nitrogens with one attached hydrogen (secondary N) is 1. The lowest BCUT2D eigenvalue weighted by molar-refractivity contribution is -0.122. The van der Waals surface area contributed by atoms with Crippen LogP contribution < -0.4 is 10.2 Å². The Balaban J connectivity index is 1.72. The van der Waals surface area contributed by atoms with Crippen molar-refractivity contribution < 1.29 is 14.0 Å². The van der Waals surface area contributed by atoms with Crippen molar-refractivity contribution in [3.05, 3.63) is 59.9 Å². The Morgan fingerprint density at radius 3 is 2.70 bits per heavy atom. The minimum absolute atomic E-state index is 0.0766. The number of hydrogen-bond acceptors (Lipinski definition) is 2. The summed E-state index contributed by atoms with van der Waals surface area (Å²) in [7, 11) is 0. The molecule has 0 saturated carbocycles. The summed E-state index contributed by atoms with van der Waals surface area (Å²) in [5, 5.41) is 2.73. The van der Waals surface area contributed by atoms with E-state index >= 15 is 0 Å². The van der Waals surface area contributed by atoms with E-state index in [0.717, 1.165) is 11.3 Å². The maximum atomic E-state index is 13.3. The number of amides is 2. The van der Waals surface area contributed by atoms with Gasteiger partial charge in [-0.2, -0.15) is 0 Å². The van der Waals surface area contributed by atoms with Gasteiger partial charge in [0, 0.05) is 24.3 Å². The molecule has 1 heterocycles. The van der Waals surface area contributed by atoms with Gasteiger partial charge in [0.25, 0.3) is 0 Å². The Morgan fingerprint density at radius 1 is 1.22 bits per heavy atom. The normalized spacial score (nSPS) is 17.4. The lowest BCUT2D eigenvalue weighted by atomic mass is 10.1. The van der Waals surface area contributed by atoms with Gasteiger partial charge in [-0.3, -0.25) is 9.59 Å². The van der Waals surface area contributed by atoms with Crippen molar-refractivity contribution in [2.45, 2.75) is 13.3 Å². The molecular formula is C18H17FN2O2. The highest BCUT2D eigenvalue weighted by Gasteiger charge is 2.35. The van der Waals surface area contributed by atoms with E-state index < -0.39 is 11.7 Å². The molecule has 4 nitrogen and oxygen atoms in total. The van der Waals surface area contributed by atoms with E-state index in [1.807, 2.05) is 30.3 Å². The molecule has 1 saturated heterocycles. The first kappa shape index (κ1) is 15.2. The molecule has 1 aliphatic rings. The zero-order chi connectivity index (χ0) is 16.4. The molecule has 0 aliphatic carbocycles. The zero-order valence-electron chi connectivity index (χ0n) is 12.8. The van der Waals surface area contributed by atoms with Crippen LogP contribution in [0.15, 0.2) is 48.5 Å². The van der Waals surface area contributed by atoms with Crippen molar-refractivity contribution in [1.82, 2.24) is 0 Å². The first-order chi connectivity index (χ1) is 11.0. The molecule has 3 rings (SSSR count). The van der Waals surface area contributed by atoms with Crippen molar-refractivity contribution in [2.24, 2.45) is 5.92 Å². The van der Waals surface area contributed by atoms with Gasteiger partial charge in [0.2, 0.25) is 11.8 Å². The Kier molecular flexibility index (Phi) is 4.10. The Hall–Kier alpha value is -2.69. The second-order valence-corrected chi connectivity index (χ2v) is 5.69. The van der Waals surface area contributed by atoms with Crippen LogP contribution >= 0.6 is 0 Å². The van der Waals surface area contributed by atoms with Crippen LogP contribution in [-0.4, -0.2) is 18.4 Å². The molecular weight excluding hydrogens is 295 g/mol. The summed E-state index contributed by atoms with van der Waals surface area (Å²) in [6.07, 6.45) is 0.162. The fourth-order valence-corrected chi connectivity index (χ4v) is 2.70. The minimum Gasteiger partial charge on any atom is -0.325 e. The average molecular weight is 312 g/mol. The SMILES string of the molecule is Cc1ccc(F)cc1NC(=O)C1CC(=O)N(c2ccccc2)C1. The maximum absolute atomic E-state index is 13.3. The Morgan fingerprint density at radius 2 is 1.96 bits per heavy atom. The molecule has 0 aromatic heterocycles. The predicted molar refractivity (Wildman–Crippen MR) is 86.7 cm³/mol. The fraction of sp³-hybridized carbons (Fsp3) is 0.222. The van der Waals surface area contributed by atoms with Crippen molar-refractivity contribution in [2.75, 3.05) is 16.8 Å². The van der Waals surface area contributed by atoms with Crippen molar-refractivity contribution >= 4 is 23.2 Å². The van der Waals surface area contributed by atoms with E-state index in [0.29, 0.717) is 12.2 Å². The van der Waals surface area contributed by atoms with Crippen LogP contribution in [-0.2, 0) is 9.59 Å². The molecule has 0 radical (unpaired) electrons. The number of carbonyl (C=O) groups is 2. The zero-order valence-corrected chi connectivity index (χ0v) is 12.8. The lowest BCUT2D eigenvalue weighted by Gasteiger charge is -2.16. The molecule has 2 amide bonds. The first-order valence-corrected chi connectivity index (χ1v) is 7.47. The molecule has 1 fully saturated rings. The number of aryl methyl sites for hydroxylation is 1. The van der Waals surface area contributed by atoms with Crippen molar-refractivity contribution in [3.8, 4) is 0 Å². The summed E-state index contributed by atoms with van der Waals surface area (Å²) >= 11 is 0. The number of benzene rings is 2. The van der Waals surface area contributed by atoms with Gasteiger partial charge in [0.1, 0.15) is 5.82 Å². The Labute approximate surface area is 133 Å². The molecule has 0 spiro atoms. The highest BCUT2D eigenvalue weighted by molar-refractivity contribution is 6.03. The Bertz CT molecular complexity index is 746. The number of halogens is 1. The van der Waals surface area contributed by atoms with E-state index in [2.05, 4.69) is 5.32 Å². The smallest absolute Gasteiger partial charge is 0.229 e. The summed E-state index contributed by atoms with van der Waals surface area (Å²) in [5.74, 6) is -1.18. The summed E-state index contributed by atoms with van der Waals surface area (Å²) in [6, 6.07) is 13.5. The monoisotopic (exact) mass is 312 g/mol. The van der Waals surface area contributed by atoms with Gasteiger partial charge in [-0.15, -0.1) is 0 Å². The van der Waals surface area contributed by atoms with Gasteiger partial charge in [0.15, 0.2) is 0 Å². The van der Waals surface area contributed by atoms with Crippen LogP contribution in [0.5, 0.6) is 0 Å². The van der Waals surface area contributed by atoms with Gasteiger partial charge in [0.05, 0.1) is 5.92 Å². The molecule has 1 atom stereocenters. The quantitative estimate of drug-likeness (QED) is 0.946. The van der Waals surface area contributed by atoms with Gasteiger partial charge >= 0.3 is 0 Å². The van der Waals surface area contributed by atoms with E-state index in [9.17, 15) is 14.0 Å². The molecule has 2 aromatic rings. The molecule has 0 bridgehead atoms. The van der Waals surface area contributed by atoms with Gasteiger partial charge in [-0.05, 0) is 36.8 Å². The van der Waals surface area contributed by atoms with E-state index in [-0.39, 0.29) is 18.2 Å². The van der Waals surface area contributed by atoms with Crippen molar-refractivity contribution in [1.29, 1.82) is 0 Å². The second-order valence-electron chi connectivity index (χ2n) is 5.69. The summed E-state index contributed by atoms with van der Waals surface area (Å²) in [5.41, 5.74) is 2.01. The standard InChI is InChI=1S/C18H17FN2O2/c1-12-7-8-14(19)10-16(12)20-18(23)13-9-17(22)21(11-13)15-5-3-2-4-6-15/h2-8,10,13H,9,11H2,1H3,(H,20,23). The van der Waals surface area contributed by atoms with Gasteiger partial charge < -0.3 is 10.2 Å². The predicted octanol–water partition coefficient (Wildman–Crippen LogP) is 3.13. The molecule has 1 unspecified atom stereocenters. The van der Waals surface area contributed by atoms with Gasteiger partial charge in [-0.25, -0.2) is 4.39 Å². The summed E-state index contributed by atoms with van der Waals surface area (Å²) < 4.78 is 13.3. The molecule has 23 heavy (non-hydrogen) atoms. The molecule has 1 aliphatic heterocycles. The topological polar surface area (TPSA) is 49.4 Å². The van der Waals surface area contributed by atoms with E-state index in [4.69, 9.17) is 0 Å². The molecule has 1 N–H and O–H groups in total. The highest BCUT2D eigenvalue weighted by Crippen LogP contribution is 2.26. The highest BCUT2D eigenvalue weighted by atomic mass is 19.1. The first-order valence-electron chi connectivity index (χ1n) is 7.47. The third-order valence-corrected chi connectivity index (χ3v) is 4.02. The molecule has 5 heteroatoms. The fourth-order valence-electron chi connectivity index (χ4n) is 2.70. The summed E-state index contributed by atoms with van der Waals surface area (Å²) in [6.45, 7) is 2.13. The van der Waals surface area contributed by atoms with Crippen LogP contribution in [0.4, 0.5) is 15.8 Å². The van der Waals surface area contributed by atoms with E-state index in [1.54, 1.807) is 17.9 Å².